The lowest BCUT2D eigenvalue weighted by Crippen LogP contribution is -1.89. The summed E-state index contributed by atoms with van der Waals surface area (Å²) in [5.41, 5.74) is 1.15. The normalized spacial score (nSPS) is 9.09. The van der Waals surface area contributed by atoms with E-state index in [1.54, 1.807) is 12.4 Å². The third kappa shape index (κ3) is 2.32. The molecule has 3 heteroatoms. The maximum Gasteiger partial charge on any atom is 0.218 e. The van der Waals surface area contributed by atoms with Crippen molar-refractivity contribution >= 4 is 15.9 Å². The van der Waals surface area contributed by atoms with Gasteiger partial charge in [0.15, 0.2) is 0 Å². The summed E-state index contributed by atoms with van der Waals surface area (Å²) in [5.74, 6) is 0. The van der Waals surface area contributed by atoms with Gasteiger partial charge in [0.05, 0.1) is 0 Å². The highest BCUT2D eigenvalue weighted by molar-refractivity contribution is 9.10. The summed E-state index contributed by atoms with van der Waals surface area (Å²) in [4.78, 5) is 7.21. The van der Waals surface area contributed by atoms with Crippen LogP contribution >= 0.6 is 15.9 Å². The summed E-state index contributed by atoms with van der Waals surface area (Å²) in [5, 5.41) is 0. The molecule has 0 atom stereocenters. The molecule has 1 aromatic heterocycles. The first kappa shape index (κ1) is 8.22. The van der Waals surface area contributed by atoms with Crippen molar-refractivity contribution in [3.05, 3.63) is 39.9 Å². The quantitative estimate of drug-likeness (QED) is 0.686. The number of pyridine rings is 1. The molecule has 0 aliphatic carbocycles. The molecule has 0 aliphatic rings. The first-order valence-electron chi connectivity index (χ1n) is 3.26. The number of hydrogen-bond donors (Lipinski definition) is 0. The molecule has 0 fully saturated rings. The van der Waals surface area contributed by atoms with Gasteiger partial charge in [0, 0.05) is 23.3 Å². The van der Waals surface area contributed by atoms with Crippen molar-refractivity contribution in [2.24, 2.45) is 0 Å². The minimum atomic E-state index is 0.544. The van der Waals surface area contributed by atoms with Gasteiger partial charge in [-0.05, 0) is 27.6 Å². The zero-order chi connectivity index (χ0) is 8.10. The molecule has 1 heterocycles. The minimum absolute atomic E-state index is 0.544. The SMILES string of the molecule is [C-]#[N+]CCc1ccncc1Br. The third-order valence-electron chi connectivity index (χ3n) is 1.35. The fourth-order valence-electron chi connectivity index (χ4n) is 0.783. The van der Waals surface area contributed by atoms with Crippen molar-refractivity contribution in [1.82, 2.24) is 4.98 Å². The van der Waals surface area contributed by atoms with E-state index in [0.29, 0.717) is 6.54 Å². The number of halogens is 1. The van der Waals surface area contributed by atoms with E-state index in [0.717, 1.165) is 16.5 Å². The lowest BCUT2D eigenvalue weighted by Gasteiger charge is -1.96. The zero-order valence-electron chi connectivity index (χ0n) is 5.92. The molecule has 0 N–H and O–H groups in total. The molecule has 0 saturated carbocycles. The van der Waals surface area contributed by atoms with E-state index < -0.39 is 0 Å². The molecule has 56 valence electrons. The largest absolute Gasteiger partial charge is 0.317 e. The van der Waals surface area contributed by atoms with Gasteiger partial charge in [-0.2, -0.15) is 0 Å². The Morgan fingerprint density at radius 2 is 2.45 bits per heavy atom. The number of aromatic nitrogens is 1. The number of rotatable bonds is 2. The van der Waals surface area contributed by atoms with Gasteiger partial charge < -0.3 is 4.85 Å². The standard InChI is InChI=1S/C8H7BrN2/c1-10-4-2-7-3-5-11-6-8(7)9/h3,5-6H,2,4H2. The van der Waals surface area contributed by atoms with E-state index >= 15 is 0 Å². The highest BCUT2D eigenvalue weighted by Gasteiger charge is 1.98. The van der Waals surface area contributed by atoms with Crippen LogP contribution in [-0.2, 0) is 6.42 Å². The average Bonchev–Trinajstić information content (AvgIpc) is 2.03. The fourth-order valence-corrected chi connectivity index (χ4v) is 1.23. The Morgan fingerprint density at radius 3 is 3.09 bits per heavy atom. The summed E-state index contributed by atoms with van der Waals surface area (Å²) < 4.78 is 0.989. The number of nitrogens with zero attached hydrogens (tertiary/aromatic N) is 2. The predicted molar refractivity (Wildman–Crippen MR) is 47.1 cm³/mol. The van der Waals surface area contributed by atoms with Crippen LogP contribution in [0.1, 0.15) is 5.56 Å². The van der Waals surface area contributed by atoms with Crippen molar-refractivity contribution in [3.63, 3.8) is 0 Å². The lowest BCUT2D eigenvalue weighted by molar-refractivity contribution is 1.05. The van der Waals surface area contributed by atoms with Crippen molar-refractivity contribution in [1.29, 1.82) is 0 Å². The molecule has 1 aromatic rings. The van der Waals surface area contributed by atoms with Crippen LogP contribution in [0.5, 0.6) is 0 Å². The van der Waals surface area contributed by atoms with Crippen LogP contribution in [-0.4, -0.2) is 11.5 Å². The summed E-state index contributed by atoms with van der Waals surface area (Å²) in [7, 11) is 0. The van der Waals surface area contributed by atoms with Crippen molar-refractivity contribution in [2.75, 3.05) is 6.54 Å². The highest BCUT2D eigenvalue weighted by Crippen LogP contribution is 2.14. The summed E-state index contributed by atoms with van der Waals surface area (Å²) >= 11 is 3.36. The second kappa shape index (κ2) is 4.09. The Bertz CT molecular complexity index is 278. The van der Waals surface area contributed by atoms with Gasteiger partial charge in [-0.15, -0.1) is 0 Å². The maximum atomic E-state index is 6.62. The third-order valence-corrected chi connectivity index (χ3v) is 2.06. The Morgan fingerprint density at radius 1 is 1.64 bits per heavy atom. The second-order valence-corrected chi connectivity index (χ2v) is 2.95. The molecule has 2 nitrogen and oxygen atoms in total. The average molecular weight is 211 g/mol. The van der Waals surface area contributed by atoms with Gasteiger partial charge in [-0.3, -0.25) is 4.98 Å². The lowest BCUT2D eigenvalue weighted by atomic mass is 10.2. The second-order valence-electron chi connectivity index (χ2n) is 2.10. The molecule has 0 spiro atoms. The van der Waals surface area contributed by atoms with E-state index in [4.69, 9.17) is 6.57 Å². The zero-order valence-corrected chi connectivity index (χ0v) is 7.50. The number of hydrogen-bond acceptors (Lipinski definition) is 1. The Hall–Kier alpha value is -0.880. The van der Waals surface area contributed by atoms with E-state index in [9.17, 15) is 0 Å². The monoisotopic (exact) mass is 210 g/mol. The molecule has 0 amide bonds. The summed E-state index contributed by atoms with van der Waals surface area (Å²) in [6.45, 7) is 7.16. The molecule has 1 rings (SSSR count). The first-order valence-corrected chi connectivity index (χ1v) is 4.05. The predicted octanol–water partition coefficient (Wildman–Crippen LogP) is 2.31. The van der Waals surface area contributed by atoms with Gasteiger partial charge >= 0.3 is 0 Å². The Balaban J connectivity index is 2.71. The molecular formula is C8H7BrN2. The highest BCUT2D eigenvalue weighted by atomic mass is 79.9. The first-order chi connectivity index (χ1) is 5.34. The van der Waals surface area contributed by atoms with Gasteiger partial charge in [-0.25, -0.2) is 6.57 Å². The fraction of sp³-hybridized carbons (Fsp3) is 0.250. The van der Waals surface area contributed by atoms with Crippen LogP contribution in [0.4, 0.5) is 0 Å². The van der Waals surface area contributed by atoms with E-state index in [-0.39, 0.29) is 0 Å². The molecular weight excluding hydrogens is 204 g/mol. The Labute approximate surface area is 74.2 Å². The van der Waals surface area contributed by atoms with Gasteiger partial charge in [0.25, 0.3) is 0 Å². The van der Waals surface area contributed by atoms with Crippen LogP contribution in [0.25, 0.3) is 4.85 Å². The molecule has 0 saturated heterocycles. The van der Waals surface area contributed by atoms with Crippen molar-refractivity contribution in [3.8, 4) is 0 Å². The van der Waals surface area contributed by atoms with Crippen LogP contribution in [0, 0.1) is 6.57 Å². The molecule has 0 radical (unpaired) electrons. The van der Waals surface area contributed by atoms with Gasteiger partial charge in [0.1, 0.15) is 0 Å². The van der Waals surface area contributed by atoms with E-state index in [1.165, 1.54) is 0 Å². The van der Waals surface area contributed by atoms with Crippen LogP contribution in [0.15, 0.2) is 22.9 Å². The van der Waals surface area contributed by atoms with E-state index in [1.807, 2.05) is 6.07 Å². The minimum Gasteiger partial charge on any atom is -0.317 e. The molecule has 0 aliphatic heterocycles. The maximum absolute atomic E-state index is 6.62. The smallest absolute Gasteiger partial charge is 0.218 e. The van der Waals surface area contributed by atoms with Crippen molar-refractivity contribution < 1.29 is 0 Å². The summed E-state index contributed by atoms with van der Waals surface area (Å²) in [6, 6.07) is 1.93. The van der Waals surface area contributed by atoms with Crippen molar-refractivity contribution in [2.45, 2.75) is 6.42 Å². The molecule has 11 heavy (non-hydrogen) atoms. The topological polar surface area (TPSA) is 17.2 Å². The van der Waals surface area contributed by atoms with E-state index in [2.05, 4.69) is 25.8 Å². The van der Waals surface area contributed by atoms with Crippen LogP contribution < -0.4 is 0 Å². The van der Waals surface area contributed by atoms with Gasteiger partial charge in [-0.1, -0.05) is 0 Å². The molecule has 0 bridgehead atoms. The van der Waals surface area contributed by atoms with Crippen LogP contribution in [0.2, 0.25) is 0 Å². The van der Waals surface area contributed by atoms with Crippen LogP contribution in [0.3, 0.4) is 0 Å². The Kier molecular flexibility index (Phi) is 3.06. The molecule has 0 unspecified atom stereocenters. The molecule has 0 aromatic carbocycles. The van der Waals surface area contributed by atoms with Gasteiger partial charge in [0.2, 0.25) is 6.54 Å². The summed E-state index contributed by atoms with van der Waals surface area (Å²) in [6.07, 6.45) is 4.29.